The Bertz CT molecular complexity index is 1210. The lowest BCUT2D eigenvalue weighted by molar-refractivity contribution is 0.0472. The normalized spacial score (nSPS) is 15.6. The van der Waals surface area contributed by atoms with Gasteiger partial charge in [0.2, 0.25) is 0 Å². The molecule has 0 unspecified atom stereocenters. The second-order valence-electron chi connectivity index (χ2n) is 10.1. The van der Waals surface area contributed by atoms with Gasteiger partial charge in [0.05, 0.1) is 11.1 Å². The molecule has 0 aliphatic carbocycles. The van der Waals surface area contributed by atoms with Crippen LogP contribution >= 0.6 is 0 Å². The van der Waals surface area contributed by atoms with E-state index in [9.17, 15) is 9.59 Å². The number of esters is 2. The maximum Gasteiger partial charge on any atom is 0.343 e. The third-order valence-electron chi connectivity index (χ3n) is 6.04. The van der Waals surface area contributed by atoms with Gasteiger partial charge in [0, 0.05) is 5.56 Å². The van der Waals surface area contributed by atoms with Gasteiger partial charge in [0.15, 0.2) is 0 Å². The van der Waals surface area contributed by atoms with Crippen LogP contribution in [0.1, 0.15) is 71.5 Å². The summed E-state index contributed by atoms with van der Waals surface area (Å²) in [7, 11) is 0. The van der Waals surface area contributed by atoms with Gasteiger partial charge in [-0.25, -0.2) is 9.59 Å². The number of carbonyl (C=O) groups is 2. The minimum Gasteiger partial charge on any atom is -0.488 e. The topological polar surface area (TPSA) is 61.8 Å². The number of benzene rings is 3. The van der Waals surface area contributed by atoms with Gasteiger partial charge < -0.3 is 14.2 Å². The molecule has 0 fully saturated rings. The summed E-state index contributed by atoms with van der Waals surface area (Å²) in [6.45, 7) is 10.6. The van der Waals surface area contributed by atoms with Crippen LogP contribution in [0.25, 0.3) is 0 Å². The van der Waals surface area contributed by atoms with Gasteiger partial charge in [-0.3, -0.25) is 0 Å². The Labute approximate surface area is 200 Å². The molecule has 1 aliphatic heterocycles. The Kier molecular flexibility index (Phi) is 6.22. The van der Waals surface area contributed by atoms with Crippen molar-refractivity contribution >= 4 is 11.9 Å². The molecular weight excluding hydrogens is 428 g/mol. The van der Waals surface area contributed by atoms with Crippen molar-refractivity contribution in [1.82, 2.24) is 0 Å². The summed E-state index contributed by atoms with van der Waals surface area (Å²) in [5.41, 5.74) is 3.19. The maximum absolute atomic E-state index is 13.0. The number of ether oxygens (including phenoxy) is 3. The first-order chi connectivity index (χ1) is 16.0. The van der Waals surface area contributed by atoms with Crippen molar-refractivity contribution < 1.29 is 23.8 Å². The summed E-state index contributed by atoms with van der Waals surface area (Å²) in [6.07, 6.45) is 0.840. The van der Waals surface area contributed by atoms with Gasteiger partial charge in [-0.05, 0) is 80.1 Å². The molecular formula is C29H30O5. The van der Waals surface area contributed by atoms with E-state index in [1.165, 1.54) is 0 Å². The molecule has 0 saturated heterocycles. The highest BCUT2D eigenvalue weighted by Gasteiger charge is 2.39. The van der Waals surface area contributed by atoms with E-state index in [4.69, 9.17) is 14.2 Å². The summed E-state index contributed by atoms with van der Waals surface area (Å²) >= 11 is 0. The van der Waals surface area contributed by atoms with Crippen LogP contribution in [0.15, 0.2) is 66.7 Å². The molecule has 176 valence electrons. The summed E-state index contributed by atoms with van der Waals surface area (Å²) < 4.78 is 17.1. The standard InChI is InChI=1S/C29H30O5/c1-19-15-25-24(28(2,3)18-29(4,5)34-25)16-23(19)27(31)33-22-13-11-21(12-14-22)26(30)32-17-20-9-7-6-8-10-20/h6-16H,17-18H2,1-5H3. The van der Waals surface area contributed by atoms with Crippen LogP contribution in [0.5, 0.6) is 11.5 Å². The summed E-state index contributed by atoms with van der Waals surface area (Å²) in [6, 6.07) is 19.7. The minimum absolute atomic E-state index is 0.137. The first-order valence-electron chi connectivity index (χ1n) is 11.4. The molecule has 3 aromatic carbocycles. The van der Waals surface area contributed by atoms with E-state index >= 15 is 0 Å². The molecule has 5 heteroatoms. The number of fused-ring (bicyclic) bond motifs is 1. The van der Waals surface area contributed by atoms with Gasteiger partial charge >= 0.3 is 11.9 Å². The number of carbonyl (C=O) groups excluding carboxylic acids is 2. The van der Waals surface area contributed by atoms with Gasteiger partial charge in [-0.2, -0.15) is 0 Å². The summed E-state index contributed by atoms with van der Waals surface area (Å²) in [5, 5.41) is 0. The maximum atomic E-state index is 13.0. The minimum atomic E-state index is -0.444. The Morgan fingerprint density at radius 1 is 0.912 bits per heavy atom. The average molecular weight is 459 g/mol. The Morgan fingerprint density at radius 2 is 1.59 bits per heavy atom. The van der Waals surface area contributed by atoms with E-state index in [0.717, 1.165) is 28.9 Å². The third-order valence-corrected chi connectivity index (χ3v) is 6.04. The number of hydrogen-bond donors (Lipinski definition) is 0. The van der Waals surface area contributed by atoms with E-state index < -0.39 is 11.9 Å². The molecule has 1 aliphatic rings. The van der Waals surface area contributed by atoms with Gasteiger partial charge in [0.25, 0.3) is 0 Å². The second-order valence-corrected chi connectivity index (χ2v) is 10.1. The zero-order valence-electron chi connectivity index (χ0n) is 20.3. The highest BCUT2D eigenvalue weighted by atomic mass is 16.5. The largest absolute Gasteiger partial charge is 0.488 e. The number of hydrogen-bond acceptors (Lipinski definition) is 5. The lowest BCUT2D eigenvalue weighted by atomic mass is 9.73. The fraction of sp³-hybridized carbons (Fsp3) is 0.310. The Balaban J connectivity index is 1.45. The van der Waals surface area contributed by atoms with Crippen LogP contribution < -0.4 is 9.47 Å². The fourth-order valence-corrected chi connectivity index (χ4v) is 4.64. The van der Waals surface area contributed by atoms with Crippen molar-refractivity contribution in [3.8, 4) is 11.5 Å². The van der Waals surface area contributed by atoms with Crippen LogP contribution in [0, 0.1) is 6.92 Å². The highest BCUT2D eigenvalue weighted by Crippen LogP contribution is 2.45. The van der Waals surface area contributed by atoms with E-state index in [0.29, 0.717) is 16.9 Å². The average Bonchev–Trinajstić information content (AvgIpc) is 2.76. The van der Waals surface area contributed by atoms with E-state index in [-0.39, 0.29) is 17.6 Å². The monoisotopic (exact) mass is 458 g/mol. The van der Waals surface area contributed by atoms with Crippen molar-refractivity contribution in [2.75, 3.05) is 0 Å². The number of aryl methyl sites for hydroxylation is 1. The summed E-state index contributed by atoms with van der Waals surface area (Å²) in [5.74, 6) is 0.296. The van der Waals surface area contributed by atoms with Crippen LogP contribution in [0.4, 0.5) is 0 Å². The molecule has 1 heterocycles. The van der Waals surface area contributed by atoms with Gasteiger partial charge in [0.1, 0.15) is 23.7 Å². The predicted octanol–water partition coefficient (Wildman–Crippen LogP) is 6.41. The molecule has 0 bridgehead atoms. The van der Waals surface area contributed by atoms with E-state index in [2.05, 4.69) is 27.7 Å². The van der Waals surface area contributed by atoms with Gasteiger partial charge in [-0.15, -0.1) is 0 Å². The number of rotatable bonds is 5. The quantitative estimate of drug-likeness (QED) is 0.327. The SMILES string of the molecule is Cc1cc2c(cc1C(=O)Oc1ccc(C(=O)OCc3ccccc3)cc1)C(C)(C)CC(C)(C)O2. The van der Waals surface area contributed by atoms with Crippen molar-refractivity contribution in [2.24, 2.45) is 0 Å². The lowest BCUT2D eigenvalue weighted by Gasteiger charge is -2.42. The fourth-order valence-electron chi connectivity index (χ4n) is 4.64. The molecule has 0 saturated carbocycles. The molecule has 34 heavy (non-hydrogen) atoms. The lowest BCUT2D eigenvalue weighted by Crippen LogP contribution is -2.41. The predicted molar refractivity (Wildman–Crippen MR) is 130 cm³/mol. The Hall–Kier alpha value is -3.60. The Morgan fingerprint density at radius 3 is 2.26 bits per heavy atom. The molecule has 0 aromatic heterocycles. The van der Waals surface area contributed by atoms with Crippen molar-refractivity contribution in [3.63, 3.8) is 0 Å². The molecule has 0 radical (unpaired) electrons. The molecule has 0 N–H and O–H groups in total. The smallest absolute Gasteiger partial charge is 0.343 e. The van der Waals surface area contributed by atoms with Crippen molar-refractivity contribution in [1.29, 1.82) is 0 Å². The van der Waals surface area contributed by atoms with Crippen molar-refractivity contribution in [2.45, 2.75) is 58.7 Å². The zero-order valence-corrected chi connectivity index (χ0v) is 20.3. The molecule has 3 aromatic rings. The molecule has 0 spiro atoms. The van der Waals surface area contributed by atoms with Crippen LogP contribution in [0.2, 0.25) is 0 Å². The van der Waals surface area contributed by atoms with E-state index in [1.807, 2.05) is 49.4 Å². The molecule has 0 amide bonds. The first kappa shape index (κ1) is 23.6. The second kappa shape index (κ2) is 8.98. The van der Waals surface area contributed by atoms with Gasteiger partial charge in [-0.1, -0.05) is 44.2 Å². The zero-order chi connectivity index (χ0) is 24.5. The van der Waals surface area contributed by atoms with E-state index in [1.54, 1.807) is 24.3 Å². The molecule has 5 nitrogen and oxygen atoms in total. The highest BCUT2D eigenvalue weighted by molar-refractivity contribution is 5.94. The van der Waals surface area contributed by atoms with Crippen LogP contribution in [0.3, 0.4) is 0 Å². The first-order valence-corrected chi connectivity index (χ1v) is 11.4. The third kappa shape index (κ3) is 5.14. The van der Waals surface area contributed by atoms with Crippen LogP contribution in [-0.4, -0.2) is 17.5 Å². The van der Waals surface area contributed by atoms with Crippen molar-refractivity contribution in [3.05, 3.63) is 94.5 Å². The van der Waals surface area contributed by atoms with Crippen LogP contribution in [-0.2, 0) is 16.8 Å². The molecule has 4 rings (SSSR count). The molecule has 0 atom stereocenters. The summed E-state index contributed by atoms with van der Waals surface area (Å²) in [4.78, 5) is 25.3.